The summed E-state index contributed by atoms with van der Waals surface area (Å²) in [5.74, 6) is -0.489. The Morgan fingerprint density at radius 3 is 2.25 bits per heavy atom. The smallest absolute Gasteiger partial charge is 0.239 e. The minimum Gasteiger partial charge on any atom is -0.352 e. The fraction of sp³-hybridized carbons (Fsp3) is 0.471. The predicted octanol–water partition coefficient (Wildman–Crippen LogP) is 1.70. The topological polar surface area (TPSA) is 87.3 Å². The number of rotatable bonds is 8. The van der Waals surface area contributed by atoms with Crippen LogP contribution in [-0.4, -0.2) is 41.3 Å². The SMILES string of the molecule is Cc1ccc(NC(=O)CS[C@@H](C)C(=O)NCC(=O)NC(C)C)cc1. The van der Waals surface area contributed by atoms with Crippen molar-refractivity contribution in [3.05, 3.63) is 29.8 Å². The first kappa shape index (κ1) is 20.0. The van der Waals surface area contributed by atoms with E-state index in [2.05, 4.69) is 16.0 Å². The van der Waals surface area contributed by atoms with Gasteiger partial charge in [0, 0.05) is 11.7 Å². The molecular weight excluding hydrogens is 326 g/mol. The maximum atomic E-state index is 11.9. The van der Waals surface area contributed by atoms with Crippen LogP contribution < -0.4 is 16.0 Å². The lowest BCUT2D eigenvalue weighted by atomic mass is 10.2. The van der Waals surface area contributed by atoms with Crippen LogP contribution in [0.5, 0.6) is 0 Å². The number of carbonyl (C=O) groups is 3. The van der Waals surface area contributed by atoms with E-state index in [1.54, 1.807) is 6.92 Å². The van der Waals surface area contributed by atoms with Crippen LogP contribution in [0.1, 0.15) is 26.3 Å². The maximum absolute atomic E-state index is 11.9. The highest BCUT2D eigenvalue weighted by Gasteiger charge is 2.16. The molecule has 0 aliphatic carbocycles. The molecule has 0 saturated carbocycles. The van der Waals surface area contributed by atoms with Crippen LogP contribution in [0.15, 0.2) is 24.3 Å². The summed E-state index contributed by atoms with van der Waals surface area (Å²) in [7, 11) is 0. The van der Waals surface area contributed by atoms with Crippen molar-refractivity contribution in [3.63, 3.8) is 0 Å². The van der Waals surface area contributed by atoms with Gasteiger partial charge in [-0.3, -0.25) is 14.4 Å². The normalized spacial score (nSPS) is 11.7. The Hall–Kier alpha value is -2.02. The molecule has 7 heteroatoms. The number of amides is 3. The Kier molecular flexibility index (Phi) is 8.32. The molecule has 0 unspecified atom stereocenters. The van der Waals surface area contributed by atoms with Gasteiger partial charge in [-0.1, -0.05) is 17.7 Å². The molecule has 3 N–H and O–H groups in total. The Labute approximate surface area is 147 Å². The van der Waals surface area contributed by atoms with Crippen LogP contribution in [0.25, 0.3) is 0 Å². The predicted molar refractivity (Wildman–Crippen MR) is 98.0 cm³/mol. The van der Waals surface area contributed by atoms with E-state index in [1.807, 2.05) is 45.0 Å². The molecule has 1 atom stereocenters. The molecule has 6 nitrogen and oxygen atoms in total. The van der Waals surface area contributed by atoms with Gasteiger partial charge >= 0.3 is 0 Å². The molecule has 0 aromatic heterocycles. The molecule has 3 amide bonds. The zero-order valence-electron chi connectivity index (χ0n) is 14.5. The average Bonchev–Trinajstić information content (AvgIpc) is 2.51. The molecule has 1 aromatic carbocycles. The minimum atomic E-state index is -0.416. The molecule has 0 spiro atoms. The zero-order chi connectivity index (χ0) is 18.1. The highest BCUT2D eigenvalue weighted by atomic mass is 32.2. The fourth-order valence-electron chi connectivity index (χ4n) is 1.79. The Morgan fingerprint density at radius 1 is 1.04 bits per heavy atom. The molecular formula is C17H25N3O3S. The number of hydrogen-bond acceptors (Lipinski definition) is 4. The first-order chi connectivity index (χ1) is 11.3. The fourth-order valence-corrected chi connectivity index (χ4v) is 2.50. The van der Waals surface area contributed by atoms with Crippen LogP contribution in [0, 0.1) is 6.92 Å². The molecule has 0 fully saturated rings. The summed E-state index contributed by atoms with van der Waals surface area (Å²) in [6.07, 6.45) is 0. The van der Waals surface area contributed by atoms with Crippen molar-refractivity contribution in [1.29, 1.82) is 0 Å². The lowest BCUT2D eigenvalue weighted by Gasteiger charge is -2.13. The first-order valence-electron chi connectivity index (χ1n) is 7.83. The van der Waals surface area contributed by atoms with Crippen LogP contribution >= 0.6 is 11.8 Å². The third-order valence-electron chi connectivity index (χ3n) is 3.04. The second-order valence-electron chi connectivity index (χ2n) is 5.81. The average molecular weight is 351 g/mol. The van der Waals surface area contributed by atoms with E-state index in [0.29, 0.717) is 0 Å². The van der Waals surface area contributed by atoms with Crippen LogP contribution in [-0.2, 0) is 14.4 Å². The number of thioether (sulfide) groups is 1. The summed E-state index contributed by atoms with van der Waals surface area (Å²) in [5.41, 5.74) is 1.85. The van der Waals surface area contributed by atoms with Gasteiger partial charge < -0.3 is 16.0 Å². The second-order valence-corrected chi connectivity index (χ2v) is 7.14. The molecule has 0 aliphatic heterocycles. The van der Waals surface area contributed by atoms with Gasteiger partial charge in [0.1, 0.15) is 0 Å². The molecule has 0 aliphatic rings. The zero-order valence-corrected chi connectivity index (χ0v) is 15.3. The van der Waals surface area contributed by atoms with Crippen molar-refractivity contribution in [2.75, 3.05) is 17.6 Å². The summed E-state index contributed by atoms with van der Waals surface area (Å²) in [6, 6.07) is 7.54. The standard InChI is InChI=1S/C17H25N3O3S/c1-11(2)19-15(21)9-18-17(23)13(4)24-10-16(22)20-14-7-5-12(3)6-8-14/h5-8,11,13H,9-10H2,1-4H3,(H,18,23)(H,19,21)(H,20,22)/t13-/m0/s1. The monoisotopic (exact) mass is 351 g/mol. The summed E-state index contributed by atoms with van der Waals surface area (Å²) in [6.45, 7) is 7.33. The molecule has 0 heterocycles. The molecule has 1 aromatic rings. The van der Waals surface area contributed by atoms with E-state index in [9.17, 15) is 14.4 Å². The number of anilines is 1. The van der Waals surface area contributed by atoms with Crippen molar-refractivity contribution < 1.29 is 14.4 Å². The summed E-state index contributed by atoms with van der Waals surface area (Å²) in [4.78, 5) is 35.3. The van der Waals surface area contributed by atoms with Gasteiger partial charge in [0.05, 0.1) is 17.5 Å². The summed E-state index contributed by atoms with van der Waals surface area (Å²) >= 11 is 1.22. The van der Waals surface area contributed by atoms with Gasteiger partial charge in [0.25, 0.3) is 0 Å². The Balaban J connectivity index is 2.29. The largest absolute Gasteiger partial charge is 0.352 e. The number of nitrogens with one attached hydrogen (secondary N) is 3. The van der Waals surface area contributed by atoms with Crippen LogP contribution in [0.2, 0.25) is 0 Å². The number of aryl methyl sites for hydroxylation is 1. The van der Waals surface area contributed by atoms with Gasteiger partial charge in [-0.05, 0) is 39.8 Å². The number of benzene rings is 1. The highest BCUT2D eigenvalue weighted by Crippen LogP contribution is 2.13. The van der Waals surface area contributed by atoms with Crippen LogP contribution in [0.3, 0.4) is 0 Å². The van der Waals surface area contributed by atoms with Gasteiger partial charge in [-0.15, -0.1) is 11.8 Å². The van der Waals surface area contributed by atoms with Crippen molar-refractivity contribution in [2.45, 2.75) is 39.0 Å². The lowest BCUT2D eigenvalue weighted by molar-refractivity contribution is -0.125. The summed E-state index contributed by atoms with van der Waals surface area (Å²) in [5, 5.41) is 7.62. The van der Waals surface area contributed by atoms with E-state index >= 15 is 0 Å². The second kappa shape index (κ2) is 9.97. The van der Waals surface area contributed by atoms with Gasteiger partial charge in [-0.25, -0.2) is 0 Å². The van der Waals surface area contributed by atoms with E-state index in [1.165, 1.54) is 11.8 Å². The number of hydrogen-bond donors (Lipinski definition) is 3. The highest BCUT2D eigenvalue weighted by molar-refractivity contribution is 8.01. The summed E-state index contributed by atoms with van der Waals surface area (Å²) < 4.78 is 0. The van der Waals surface area contributed by atoms with Gasteiger partial charge in [0.2, 0.25) is 17.7 Å². The molecule has 0 radical (unpaired) electrons. The van der Waals surface area contributed by atoms with E-state index in [0.717, 1.165) is 11.3 Å². The van der Waals surface area contributed by atoms with Crippen LogP contribution in [0.4, 0.5) is 5.69 Å². The quantitative estimate of drug-likeness (QED) is 0.665. The minimum absolute atomic E-state index is 0.0340. The third-order valence-corrected chi connectivity index (χ3v) is 4.18. The molecule has 1 rings (SSSR count). The van der Waals surface area contributed by atoms with Gasteiger partial charge in [0.15, 0.2) is 0 Å². The van der Waals surface area contributed by atoms with Crippen molar-refractivity contribution in [1.82, 2.24) is 10.6 Å². The molecule has 0 bridgehead atoms. The molecule has 24 heavy (non-hydrogen) atoms. The molecule has 132 valence electrons. The van der Waals surface area contributed by atoms with E-state index in [4.69, 9.17) is 0 Å². The van der Waals surface area contributed by atoms with E-state index < -0.39 is 5.25 Å². The molecule has 0 saturated heterocycles. The van der Waals surface area contributed by atoms with E-state index in [-0.39, 0.29) is 36.1 Å². The first-order valence-corrected chi connectivity index (χ1v) is 8.88. The van der Waals surface area contributed by atoms with Gasteiger partial charge in [-0.2, -0.15) is 0 Å². The Bertz CT molecular complexity index is 573. The number of carbonyl (C=O) groups excluding carboxylic acids is 3. The van der Waals surface area contributed by atoms with Crippen molar-refractivity contribution in [3.8, 4) is 0 Å². The Morgan fingerprint density at radius 2 is 1.67 bits per heavy atom. The maximum Gasteiger partial charge on any atom is 0.239 e. The van der Waals surface area contributed by atoms with Crippen molar-refractivity contribution >= 4 is 35.2 Å². The third kappa shape index (κ3) is 8.01. The van der Waals surface area contributed by atoms with Crippen molar-refractivity contribution in [2.24, 2.45) is 0 Å². The lowest BCUT2D eigenvalue weighted by Crippen LogP contribution is -2.42.